The highest BCUT2D eigenvalue weighted by molar-refractivity contribution is 7.80. The van der Waals surface area contributed by atoms with E-state index in [0.29, 0.717) is 11.5 Å². The summed E-state index contributed by atoms with van der Waals surface area (Å²) < 4.78 is 0. The van der Waals surface area contributed by atoms with Crippen LogP contribution in [0, 0.1) is 0 Å². The van der Waals surface area contributed by atoms with E-state index < -0.39 is 0 Å². The number of hydroxylamine groups is 2. The molecule has 0 aromatic carbocycles. The Morgan fingerprint density at radius 3 is 2.25 bits per heavy atom. The fourth-order valence-corrected chi connectivity index (χ4v) is 0.488. The molecule has 1 N–H and O–H groups in total. The van der Waals surface area contributed by atoms with E-state index in [1.54, 1.807) is 0 Å². The van der Waals surface area contributed by atoms with Crippen molar-refractivity contribution in [3.8, 4) is 0 Å². The van der Waals surface area contributed by atoms with Gasteiger partial charge < -0.3 is 0 Å². The van der Waals surface area contributed by atoms with Gasteiger partial charge >= 0.3 is 0 Å². The fraction of sp³-hybridized carbons (Fsp3) is 0.800. The third-order valence-corrected chi connectivity index (χ3v) is 1.39. The Bertz CT molecular complexity index is 84.5. The molecule has 0 aromatic rings. The van der Waals surface area contributed by atoms with Crippen LogP contribution in [0.1, 0.15) is 20.3 Å². The third kappa shape index (κ3) is 2.23. The second-order valence-electron chi connectivity index (χ2n) is 1.46. The molecule has 0 fully saturated rings. The van der Waals surface area contributed by atoms with Crippen molar-refractivity contribution < 1.29 is 5.21 Å². The van der Waals surface area contributed by atoms with Gasteiger partial charge in [-0.25, -0.2) is 0 Å². The van der Waals surface area contributed by atoms with Crippen LogP contribution in [-0.2, 0) is 0 Å². The van der Waals surface area contributed by atoms with E-state index in [2.05, 4.69) is 0 Å². The van der Waals surface area contributed by atoms with E-state index in [-0.39, 0.29) is 0 Å². The molecule has 48 valence electrons. The van der Waals surface area contributed by atoms with Gasteiger partial charge in [-0.3, -0.25) is 10.3 Å². The summed E-state index contributed by atoms with van der Waals surface area (Å²) in [6.45, 7) is 4.34. The van der Waals surface area contributed by atoms with E-state index in [1.165, 1.54) is 0 Å². The molecule has 2 nitrogen and oxygen atoms in total. The molecule has 0 spiro atoms. The average Bonchev–Trinajstić information content (AvgIpc) is 1.84. The molecule has 0 radical (unpaired) electrons. The lowest BCUT2D eigenvalue weighted by atomic mass is 10.5. The molecule has 0 atom stereocenters. The number of hydrogen-bond acceptors (Lipinski definition) is 2. The lowest BCUT2D eigenvalue weighted by molar-refractivity contribution is -0.00812. The summed E-state index contributed by atoms with van der Waals surface area (Å²) in [5, 5.41) is 9.90. The number of nitrogens with zero attached hydrogens (tertiary/aromatic N) is 1. The largest absolute Gasteiger partial charge is 0.288 e. The Labute approximate surface area is 55.1 Å². The predicted molar refractivity (Wildman–Crippen MR) is 37.1 cm³/mol. The van der Waals surface area contributed by atoms with Gasteiger partial charge in [0.1, 0.15) is 4.99 Å². The van der Waals surface area contributed by atoms with Crippen LogP contribution in [0.5, 0.6) is 0 Å². The van der Waals surface area contributed by atoms with Crippen molar-refractivity contribution in [1.82, 2.24) is 5.06 Å². The normalized spacial score (nSPS) is 8.88. The molecule has 8 heavy (non-hydrogen) atoms. The Hall–Kier alpha value is -0.150. The highest BCUT2D eigenvalue weighted by Gasteiger charge is 1.97. The van der Waals surface area contributed by atoms with Gasteiger partial charge in [0.15, 0.2) is 0 Å². The molecule has 0 saturated heterocycles. The molecule has 0 aliphatic heterocycles. The average molecular weight is 133 g/mol. The molecule has 0 aromatic heterocycles. The number of hydrogen-bond donors (Lipinski definition) is 1. The SMILES string of the molecule is CCC(=S)N(O)CC. The van der Waals surface area contributed by atoms with Gasteiger partial charge in [-0.15, -0.1) is 0 Å². The summed E-state index contributed by atoms with van der Waals surface area (Å²) in [5.41, 5.74) is 0. The highest BCUT2D eigenvalue weighted by atomic mass is 32.1. The highest BCUT2D eigenvalue weighted by Crippen LogP contribution is 1.89. The van der Waals surface area contributed by atoms with E-state index in [1.807, 2.05) is 13.8 Å². The zero-order valence-electron chi connectivity index (χ0n) is 5.22. The van der Waals surface area contributed by atoms with Crippen molar-refractivity contribution in [2.75, 3.05) is 6.54 Å². The summed E-state index contributed by atoms with van der Waals surface area (Å²) >= 11 is 4.75. The van der Waals surface area contributed by atoms with Gasteiger partial charge in [-0.2, -0.15) is 0 Å². The Morgan fingerprint density at radius 2 is 2.12 bits per heavy atom. The van der Waals surface area contributed by atoms with Crippen molar-refractivity contribution in [1.29, 1.82) is 0 Å². The molecule has 0 heterocycles. The molecule has 0 unspecified atom stereocenters. The van der Waals surface area contributed by atoms with Crippen LogP contribution in [0.4, 0.5) is 0 Å². The summed E-state index contributed by atoms with van der Waals surface area (Å²) in [6, 6.07) is 0. The Morgan fingerprint density at radius 1 is 1.62 bits per heavy atom. The third-order valence-electron chi connectivity index (χ3n) is 0.890. The predicted octanol–water partition coefficient (Wildman–Crippen LogP) is 1.43. The second-order valence-corrected chi connectivity index (χ2v) is 1.93. The van der Waals surface area contributed by atoms with Crippen molar-refractivity contribution in [2.24, 2.45) is 0 Å². The Kier molecular flexibility index (Phi) is 3.73. The van der Waals surface area contributed by atoms with Crippen molar-refractivity contribution in [3.05, 3.63) is 0 Å². The molecule has 0 aliphatic carbocycles. The quantitative estimate of drug-likeness (QED) is 0.455. The van der Waals surface area contributed by atoms with Gasteiger partial charge in [0.25, 0.3) is 0 Å². The molecule has 0 aliphatic rings. The fourth-order valence-electron chi connectivity index (χ4n) is 0.359. The van der Waals surface area contributed by atoms with Crippen molar-refractivity contribution in [3.63, 3.8) is 0 Å². The van der Waals surface area contributed by atoms with E-state index in [4.69, 9.17) is 17.4 Å². The lowest BCUT2D eigenvalue weighted by Gasteiger charge is -2.12. The first-order chi connectivity index (χ1) is 3.72. The molecule has 0 amide bonds. The van der Waals surface area contributed by atoms with E-state index in [0.717, 1.165) is 11.5 Å². The Balaban J connectivity index is 3.46. The van der Waals surface area contributed by atoms with Gasteiger partial charge in [0, 0.05) is 6.54 Å². The van der Waals surface area contributed by atoms with Crippen LogP contribution in [0.2, 0.25) is 0 Å². The number of thiocarbonyl (C=S) groups is 1. The molecule has 0 saturated carbocycles. The van der Waals surface area contributed by atoms with Gasteiger partial charge in [-0.05, 0) is 13.3 Å². The molecule has 0 bridgehead atoms. The minimum absolute atomic E-state index is 0.576. The zero-order valence-corrected chi connectivity index (χ0v) is 6.03. The van der Waals surface area contributed by atoms with Crippen LogP contribution < -0.4 is 0 Å². The van der Waals surface area contributed by atoms with Gasteiger partial charge in [0.05, 0.1) is 0 Å². The van der Waals surface area contributed by atoms with Gasteiger partial charge in [0.2, 0.25) is 0 Å². The topological polar surface area (TPSA) is 23.5 Å². The minimum atomic E-state index is 0.576. The monoisotopic (exact) mass is 133 g/mol. The maximum absolute atomic E-state index is 8.82. The first kappa shape index (κ1) is 7.85. The molecular weight excluding hydrogens is 122 g/mol. The standard InChI is InChI=1S/C5H11NOS/c1-3-5(8)6(7)4-2/h7H,3-4H2,1-2H3. The van der Waals surface area contributed by atoms with E-state index in [9.17, 15) is 0 Å². The van der Waals surface area contributed by atoms with Crippen LogP contribution in [0.15, 0.2) is 0 Å². The molecular formula is C5H11NOS. The summed E-state index contributed by atoms with van der Waals surface area (Å²) in [4.78, 5) is 0.604. The molecule has 0 rings (SSSR count). The van der Waals surface area contributed by atoms with Crippen LogP contribution >= 0.6 is 12.2 Å². The lowest BCUT2D eigenvalue weighted by Crippen LogP contribution is -2.24. The van der Waals surface area contributed by atoms with Gasteiger partial charge in [-0.1, -0.05) is 19.1 Å². The first-order valence-corrected chi connectivity index (χ1v) is 3.12. The van der Waals surface area contributed by atoms with Crippen LogP contribution in [0.3, 0.4) is 0 Å². The maximum Gasteiger partial charge on any atom is 0.103 e. The van der Waals surface area contributed by atoms with E-state index >= 15 is 0 Å². The van der Waals surface area contributed by atoms with Crippen LogP contribution in [-0.4, -0.2) is 21.8 Å². The minimum Gasteiger partial charge on any atom is -0.288 e. The summed E-state index contributed by atoms with van der Waals surface area (Å²) in [7, 11) is 0. The number of rotatable bonds is 2. The van der Waals surface area contributed by atoms with Crippen molar-refractivity contribution in [2.45, 2.75) is 20.3 Å². The maximum atomic E-state index is 8.82. The second kappa shape index (κ2) is 3.80. The summed E-state index contributed by atoms with van der Waals surface area (Å²) in [6.07, 6.45) is 0.736. The van der Waals surface area contributed by atoms with Crippen LogP contribution in [0.25, 0.3) is 0 Å². The first-order valence-electron chi connectivity index (χ1n) is 2.71. The smallest absolute Gasteiger partial charge is 0.103 e. The van der Waals surface area contributed by atoms with Crippen molar-refractivity contribution >= 4 is 17.2 Å². The summed E-state index contributed by atoms with van der Waals surface area (Å²) in [5.74, 6) is 0. The molecule has 3 heteroatoms. The zero-order chi connectivity index (χ0) is 6.57.